The second-order valence-corrected chi connectivity index (χ2v) is 9.34. The maximum atomic E-state index is 14.2. The fourth-order valence-corrected chi connectivity index (χ4v) is 4.47. The average molecular weight is 478 g/mol. The van der Waals surface area contributed by atoms with E-state index in [2.05, 4.69) is 41.3 Å². The third-order valence-electron chi connectivity index (χ3n) is 6.45. The molecule has 2 aromatic carbocycles. The van der Waals surface area contributed by atoms with E-state index in [-0.39, 0.29) is 12.3 Å². The SMILES string of the molecule is CC(C)c1ccc(-c2ncc(F)c(CNCCCOc3ccc4c(c3)CC[C@H]4CC(=O)O)n2)cc1. The van der Waals surface area contributed by atoms with E-state index in [0.717, 1.165) is 36.1 Å². The van der Waals surface area contributed by atoms with Crippen LogP contribution in [-0.2, 0) is 17.8 Å². The molecule has 0 aliphatic heterocycles. The fraction of sp³-hybridized carbons (Fsp3) is 0.393. The molecule has 35 heavy (non-hydrogen) atoms. The highest BCUT2D eigenvalue weighted by Crippen LogP contribution is 2.37. The van der Waals surface area contributed by atoms with Crippen LogP contribution in [0.2, 0.25) is 0 Å². The van der Waals surface area contributed by atoms with Crippen molar-refractivity contribution in [3.8, 4) is 17.1 Å². The van der Waals surface area contributed by atoms with Crippen LogP contribution >= 0.6 is 0 Å². The molecule has 0 radical (unpaired) electrons. The van der Waals surface area contributed by atoms with Crippen LogP contribution in [0.5, 0.6) is 5.75 Å². The summed E-state index contributed by atoms with van der Waals surface area (Å²) in [5.74, 6) is 0.687. The van der Waals surface area contributed by atoms with Crippen molar-refractivity contribution >= 4 is 5.97 Å². The molecule has 0 bridgehead atoms. The highest BCUT2D eigenvalue weighted by molar-refractivity contribution is 5.68. The molecule has 3 aromatic rings. The minimum atomic E-state index is -0.756. The van der Waals surface area contributed by atoms with Crippen molar-refractivity contribution in [2.75, 3.05) is 13.2 Å². The van der Waals surface area contributed by atoms with Gasteiger partial charge in [0.2, 0.25) is 0 Å². The second kappa shape index (κ2) is 11.4. The van der Waals surface area contributed by atoms with Crippen LogP contribution in [0.15, 0.2) is 48.7 Å². The first kappa shape index (κ1) is 24.8. The van der Waals surface area contributed by atoms with Gasteiger partial charge in [0.15, 0.2) is 11.6 Å². The van der Waals surface area contributed by atoms with Crippen molar-refractivity contribution in [2.45, 2.75) is 57.9 Å². The number of aromatic nitrogens is 2. The number of hydrogen-bond donors (Lipinski definition) is 2. The standard InChI is InChI=1S/C28H32FN3O3/c1-18(2)19-4-6-20(7-5-19)28-31-16-25(29)26(32-28)17-30-12-3-13-35-23-10-11-24-21(14-23)8-9-22(24)15-27(33)34/h4-7,10-11,14,16,18,22,30H,3,8-9,12-13,15,17H2,1-2H3,(H,33,34)/t22-/m0/s1. The van der Waals surface area contributed by atoms with Crippen molar-refractivity contribution in [1.82, 2.24) is 15.3 Å². The minimum absolute atomic E-state index is 0.0999. The summed E-state index contributed by atoms with van der Waals surface area (Å²) < 4.78 is 20.1. The van der Waals surface area contributed by atoms with Crippen LogP contribution in [0, 0.1) is 5.82 Å². The zero-order chi connectivity index (χ0) is 24.8. The maximum absolute atomic E-state index is 14.2. The number of nitrogens with zero attached hydrogens (tertiary/aromatic N) is 2. The molecule has 7 heteroatoms. The summed E-state index contributed by atoms with van der Waals surface area (Å²) in [7, 11) is 0. The first-order valence-corrected chi connectivity index (χ1v) is 12.2. The van der Waals surface area contributed by atoms with Crippen molar-refractivity contribution in [1.29, 1.82) is 0 Å². The van der Waals surface area contributed by atoms with Crippen molar-refractivity contribution < 1.29 is 19.0 Å². The van der Waals surface area contributed by atoms with E-state index in [0.29, 0.717) is 37.1 Å². The molecule has 0 saturated heterocycles. The molecule has 184 valence electrons. The van der Waals surface area contributed by atoms with Crippen LogP contribution in [0.25, 0.3) is 11.4 Å². The third-order valence-corrected chi connectivity index (χ3v) is 6.45. The Hall–Kier alpha value is -3.32. The molecule has 4 rings (SSSR count). The van der Waals surface area contributed by atoms with Crippen molar-refractivity contribution in [3.05, 3.63) is 76.9 Å². The summed E-state index contributed by atoms with van der Waals surface area (Å²) in [6.45, 7) is 5.79. The van der Waals surface area contributed by atoms with Gasteiger partial charge in [-0.05, 0) is 66.5 Å². The molecule has 1 heterocycles. The second-order valence-electron chi connectivity index (χ2n) is 9.34. The number of benzene rings is 2. The van der Waals surface area contributed by atoms with Gasteiger partial charge in [-0.1, -0.05) is 44.2 Å². The van der Waals surface area contributed by atoms with E-state index in [4.69, 9.17) is 9.84 Å². The fourth-order valence-electron chi connectivity index (χ4n) is 4.47. The molecule has 0 amide bonds. The van der Waals surface area contributed by atoms with Crippen LogP contribution < -0.4 is 10.1 Å². The van der Waals surface area contributed by atoms with Gasteiger partial charge in [-0.2, -0.15) is 0 Å². The van der Waals surface area contributed by atoms with Gasteiger partial charge in [0.1, 0.15) is 5.75 Å². The number of carboxylic acids is 1. The van der Waals surface area contributed by atoms with Crippen LogP contribution in [0.1, 0.15) is 67.3 Å². The normalized spacial score (nSPS) is 14.8. The number of aryl methyl sites for hydroxylation is 1. The van der Waals surface area contributed by atoms with E-state index in [1.54, 1.807) is 0 Å². The van der Waals surface area contributed by atoms with Gasteiger partial charge in [0.25, 0.3) is 0 Å². The molecule has 0 spiro atoms. The maximum Gasteiger partial charge on any atom is 0.303 e. The topological polar surface area (TPSA) is 84.3 Å². The number of carbonyl (C=O) groups is 1. The van der Waals surface area contributed by atoms with Gasteiger partial charge in [0, 0.05) is 12.1 Å². The molecular weight excluding hydrogens is 445 g/mol. The van der Waals surface area contributed by atoms with Crippen LogP contribution in [0.3, 0.4) is 0 Å². The monoisotopic (exact) mass is 477 g/mol. The average Bonchev–Trinajstić information content (AvgIpc) is 3.23. The number of fused-ring (bicyclic) bond motifs is 1. The number of rotatable bonds is 11. The van der Waals surface area contributed by atoms with E-state index in [9.17, 15) is 9.18 Å². The molecule has 1 aromatic heterocycles. The summed E-state index contributed by atoms with van der Waals surface area (Å²) in [5, 5.41) is 12.3. The highest BCUT2D eigenvalue weighted by atomic mass is 19.1. The first-order chi connectivity index (χ1) is 16.9. The van der Waals surface area contributed by atoms with Crippen molar-refractivity contribution in [2.24, 2.45) is 0 Å². The molecular formula is C28H32FN3O3. The van der Waals surface area contributed by atoms with Gasteiger partial charge < -0.3 is 15.2 Å². The van der Waals surface area contributed by atoms with E-state index < -0.39 is 11.8 Å². The summed E-state index contributed by atoms with van der Waals surface area (Å²) >= 11 is 0. The third kappa shape index (κ3) is 6.42. The molecule has 1 aliphatic carbocycles. The lowest BCUT2D eigenvalue weighted by Crippen LogP contribution is -2.19. The summed E-state index contributed by atoms with van der Waals surface area (Å²) in [4.78, 5) is 19.6. The van der Waals surface area contributed by atoms with Crippen LogP contribution in [-0.4, -0.2) is 34.2 Å². The smallest absolute Gasteiger partial charge is 0.303 e. The Morgan fingerprint density at radius 2 is 2.03 bits per heavy atom. The summed E-state index contributed by atoms with van der Waals surface area (Å²) in [6, 6.07) is 14.0. The number of nitrogens with one attached hydrogen (secondary N) is 1. The zero-order valence-corrected chi connectivity index (χ0v) is 20.3. The number of halogens is 1. The molecule has 0 fully saturated rings. The lowest BCUT2D eigenvalue weighted by atomic mass is 9.98. The number of carboxylic acid groups (broad SMARTS) is 1. The molecule has 6 nitrogen and oxygen atoms in total. The van der Waals surface area contributed by atoms with E-state index in [1.807, 2.05) is 30.3 Å². The summed E-state index contributed by atoms with van der Waals surface area (Å²) in [5.41, 5.74) is 4.76. The van der Waals surface area contributed by atoms with E-state index in [1.165, 1.54) is 17.3 Å². The Labute approximate surface area is 205 Å². The molecule has 0 unspecified atom stereocenters. The predicted molar refractivity (Wildman–Crippen MR) is 133 cm³/mol. The van der Waals surface area contributed by atoms with Gasteiger partial charge in [-0.15, -0.1) is 0 Å². The molecule has 0 saturated carbocycles. The number of ether oxygens (including phenoxy) is 1. The van der Waals surface area contributed by atoms with Gasteiger partial charge in [0.05, 0.1) is 24.9 Å². The minimum Gasteiger partial charge on any atom is -0.494 e. The molecule has 2 N–H and O–H groups in total. The predicted octanol–water partition coefficient (Wildman–Crippen LogP) is 5.47. The van der Waals surface area contributed by atoms with Gasteiger partial charge in [-0.3, -0.25) is 4.79 Å². The Morgan fingerprint density at radius 3 is 2.77 bits per heavy atom. The van der Waals surface area contributed by atoms with Gasteiger partial charge in [-0.25, -0.2) is 14.4 Å². The lowest BCUT2D eigenvalue weighted by Gasteiger charge is -2.11. The number of aliphatic carboxylic acids is 1. The largest absolute Gasteiger partial charge is 0.494 e. The Morgan fingerprint density at radius 1 is 1.23 bits per heavy atom. The molecule has 1 aliphatic rings. The Balaban J connectivity index is 1.23. The molecule has 1 atom stereocenters. The Bertz CT molecular complexity index is 1160. The highest BCUT2D eigenvalue weighted by Gasteiger charge is 2.24. The first-order valence-electron chi connectivity index (χ1n) is 12.2. The zero-order valence-electron chi connectivity index (χ0n) is 20.3. The van der Waals surface area contributed by atoms with Crippen molar-refractivity contribution in [3.63, 3.8) is 0 Å². The van der Waals surface area contributed by atoms with Crippen LogP contribution in [0.4, 0.5) is 4.39 Å². The van der Waals surface area contributed by atoms with E-state index >= 15 is 0 Å². The lowest BCUT2D eigenvalue weighted by molar-refractivity contribution is -0.137. The number of hydrogen-bond acceptors (Lipinski definition) is 5. The quantitative estimate of drug-likeness (QED) is 0.356. The summed E-state index contributed by atoms with van der Waals surface area (Å²) in [6.07, 6.45) is 3.93. The Kier molecular flexibility index (Phi) is 8.08. The van der Waals surface area contributed by atoms with Gasteiger partial charge >= 0.3 is 5.97 Å².